The van der Waals surface area contributed by atoms with E-state index in [1.54, 1.807) is 19.1 Å². The number of fused-ring (bicyclic) bond motifs is 1. The molecule has 216 valence electrons. The van der Waals surface area contributed by atoms with Gasteiger partial charge in [0.2, 0.25) is 5.91 Å². The summed E-state index contributed by atoms with van der Waals surface area (Å²) in [4.78, 5) is 21.7. The maximum absolute atomic E-state index is 12.5. The van der Waals surface area contributed by atoms with Crippen LogP contribution in [0.4, 0.5) is 19.0 Å². The topological polar surface area (TPSA) is 147 Å². The van der Waals surface area contributed by atoms with Crippen LogP contribution in [0.25, 0.3) is 11.2 Å². The molecule has 5 rings (SSSR count). The van der Waals surface area contributed by atoms with Crippen LogP contribution in [0.5, 0.6) is 5.75 Å². The molecule has 2 aromatic heterocycles. The third-order valence-electron chi connectivity index (χ3n) is 7.05. The fraction of sp³-hybridized carbons (Fsp3) is 0.560. The quantitative estimate of drug-likeness (QED) is 0.208. The molecule has 2 fully saturated rings. The molecule has 40 heavy (non-hydrogen) atoms. The van der Waals surface area contributed by atoms with Gasteiger partial charge in [-0.05, 0) is 43.9 Å². The predicted molar refractivity (Wildman–Crippen MR) is 140 cm³/mol. The second kappa shape index (κ2) is 11.4. The van der Waals surface area contributed by atoms with Gasteiger partial charge in [0, 0.05) is 24.3 Å². The highest BCUT2D eigenvalue weighted by atomic mass is 32.2. The number of rotatable bonds is 10. The van der Waals surface area contributed by atoms with E-state index in [0.29, 0.717) is 28.7 Å². The number of hydrogen-bond acceptors (Lipinski definition) is 10. The van der Waals surface area contributed by atoms with Gasteiger partial charge in [-0.25, -0.2) is 14.6 Å². The smallest absolute Gasteiger partial charge is 0.406 e. The van der Waals surface area contributed by atoms with Crippen molar-refractivity contribution in [2.75, 3.05) is 17.6 Å². The van der Waals surface area contributed by atoms with Gasteiger partial charge in [-0.1, -0.05) is 36.0 Å². The van der Waals surface area contributed by atoms with Gasteiger partial charge in [-0.2, -0.15) is 0 Å². The largest absolute Gasteiger partial charge is 0.573 e. The number of carbonyl (C=O) groups excluding carboxylic acids is 1. The van der Waals surface area contributed by atoms with Crippen LogP contribution in [-0.2, 0) is 4.79 Å². The summed E-state index contributed by atoms with van der Waals surface area (Å²) in [7, 11) is 0. The Bertz CT molecular complexity index is 1360. The third kappa shape index (κ3) is 5.95. The fourth-order valence-electron chi connectivity index (χ4n) is 5.02. The van der Waals surface area contributed by atoms with Gasteiger partial charge >= 0.3 is 6.36 Å². The van der Waals surface area contributed by atoms with Crippen molar-refractivity contribution in [1.82, 2.24) is 30.3 Å². The number of hydrogen-bond donors (Lipinski definition) is 4. The number of aromatic nitrogens is 5. The second-order valence-corrected chi connectivity index (χ2v) is 11.0. The van der Waals surface area contributed by atoms with E-state index in [1.807, 2.05) is 6.92 Å². The Balaban J connectivity index is 1.38. The number of aliphatic hydroxyl groups excluding tert-OH is 2. The molecular formula is C25H30F3N7O4S. The molecule has 2 saturated carbocycles. The molecule has 1 amide bonds. The molecule has 0 aliphatic heterocycles. The first-order valence-electron chi connectivity index (χ1n) is 13.1. The SMILES string of the molecule is CCCSc1nc(NC2CC2c2ccc(OC(F)(F)F)cc2)c2nnn(C3CC(C(=O)NCC)C(O)C3O)c2n1. The first-order valence-corrected chi connectivity index (χ1v) is 14.1. The van der Waals surface area contributed by atoms with Crippen molar-refractivity contribution >= 4 is 34.7 Å². The Kier molecular flexibility index (Phi) is 8.06. The normalized spacial score (nSPS) is 26.2. The first-order chi connectivity index (χ1) is 19.1. The molecule has 0 saturated heterocycles. The lowest BCUT2D eigenvalue weighted by molar-refractivity contribution is -0.274. The van der Waals surface area contributed by atoms with Crippen molar-refractivity contribution in [1.29, 1.82) is 0 Å². The minimum atomic E-state index is -4.75. The first kappa shape index (κ1) is 28.4. The molecule has 2 aliphatic rings. The number of amides is 1. The van der Waals surface area contributed by atoms with Gasteiger partial charge in [0.05, 0.1) is 18.1 Å². The summed E-state index contributed by atoms with van der Waals surface area (Å²) in [6.07, 6.45) is -5.46. The van der Waals surface area contributed by atoms with E-state index >= 15 is 0 Å². The van der Waals surface area contributed by atoms with Crippen LogP contribution in [0, 0.1) is 5.92 Å². The maximum Gasteiger partial charge on any atom is 0.573 e. The molecule has 4 N–H and O–H groups in total. The summed E-state index contributed by atoms with van der Waals surface area (Å²) in [6, 6.07) is 5.05. The zero-order valence-electron chi connectivity index (χ0n) is 21.8. The summed E-state index contributed by atoms with van der Waals surface area (Å²) in [5.41, 5.74) is 1.61. The molecule has 6 unspecified atom stereocenters. The van der Waals surface area contributed by atoms with Crippen LogP contribution >= 0.6 is 11.8 Å². The van der Waals surface area contributed by atoms with Crippen LogP contribution in [0.1, 0.15) is 50.6 Å². The Morgan fingerprint density at radius 1 is 1.15 bits per heavy atom. The molecule has 0 radical (unpaired) electrons. The van der Waals surface area contributed by atoms with E-state index in [-0.39, 0.29) is 30.0 Å². The van der Waals surface area contributed by atoms with Gasteiger partial charge in [0.1, 0.15) is 11.9 Å². The average Bonchev–Trinajstić information content (AvgIpc) is 3.43. The Morgan fingerprint density at radius 3 is 2.58 bits per heavy atom. The highest BCUT2D eigenvalue weighted by molar-refractivity contribution is 7.99. The number of benzene rings is 1. The number of alkyl halides is 3. The molecule has 2 heterocycles. The predicted octanol–water partition coefficient (Wildman–Crippen LogP) is 3.01. The van der Waals surface area contributed by atoms with E-state index in [9.17, 15) is 28.2 Å². The van der Waals surface area contributed by atoms with Crippen molar-refractivity contribution in [2.45, 2.75) is 74.8 Å². The number of halogens is 3. The monoisotopic (exact) mass is 581 g/mol. The molecule has 6 atom stereocenters. The van der Waals surface area contributed by atoms with Gasteiger partial charge in [-0.3, -0.25) is 4.79 Å². The zero-order chi connectivity index (χ0) is 28.6. The molecule has 0 spiro atoms. The van der Waals surface area contributed by atoms with Crippen LogP contribution in [0.15, 0.2) is 29.4 Å². The Labute approximate surface area is 231 Å². The van der Waals surface area contributed by atoms with E-state index in [0.717, 1.165) is 24.2 Å². The minimum Gasteiger partial charge on any atom is -0.406 e. The summed E-state index contributed by atoms with van der Waals surface area (Å²) in [5.74, 6) is -0.136. The van der Waals surface area contributed by atoms with Crippen molar-refractivity contribution in [3.63, 3.8) is 0 Å². The van der Waals surface area contributed by atoms with Gasteiger partial charge in [-0.15, -0.1) is 18.3 Å². The van der Waals surface area contributed by atoms with Crippen LogP contribution in [0.2, 0.25) is 0 Å². The minimum absolute atomic E-state index is 0.0392. The third-order valence-corrected chi connectivity index (χ3v) is 8.10. The Hall–Kier alpha value is -3.17. The molecule has 0 bridgehead atoms. The fourth-order valence-corrected chi connectivity index (χ4v) is 5.72. The number of ether oxygens (including phenoxy) is 1. The summed E-state index contributed by atoms with van der Waals surface area (Å²) < 4.78 is 42.8. The number of thioether (sulfide) groups is 1. The lowest BCUT2D eigenvalue weighted by Gasteiger charge is -2.17. The summed E-state index contributed by atoms with van der Waals surface area (Å²) >= 11 is 1.46. The number of carbonyl (C=O) groups is 1. The second-order valence-electron chi connectivity index (χ2n) is 9.90. The molecule has 15 heteroatoms. The van der Waals surface area contributed by atoms with E-state index < -0.39 is 30.5 Å². The maximum atomic E-state index is 12.5. The van der Waals surface area contributed by atoms with E-state index in [4.69, 9.17) is 0 Å². The van der Waals surface area contributed by atoms with E-state index in [1.165, 1.54) is 28.6 Å². The standard InChI is InChI=1S/C25H30F3N7O4S/c1-3-9-40-24-31-21(30-16-10-14(16)12-5-7-13(8-6-12)39-25(26,27)28)18-22(32-24)35(34-33-18)17-11-15(19(36)20(17)37)23(38)29-4-2/h5-8,14-17,19-20,36-37H,3-4,9-11H2,1-2H3,(H,29,38)(H,30,31,32). The van der Waals surface area contributed by atoms with Gasteiger partial charge in [0.25, 0.3) is 0 Å². The highest BCUT2D eigenvalue weighted by Gasteiger charge is 2.47. The summed E-state index contributed by atoms with van der Waals surface area (Å²) in [6.45, 7) is 4.22. The van der Waals surface area contributed by atoms with Crippen LogP contribution in [0.3, 0.4) is 0 Å². The van der Waals surface area contributed by atoms with Gasteiger partial charge in [0.15, 0.2) is 22.1 Å². The molecule has 11 nitrogen and oxygen atoms in total. The lowest BCUT2D eigenvalue weighted by atomic mass is 10.0. The van der Waals surface area contributed by atoms with Crippen LogP contribution in [-0.4, -0.2) is 78.0 Å². The number of nitrogens with zero attached hydrogens (tertiary/aromatic N) is 5. The Morgan fingerprint density at radius 2 is 1.90 bits per heavy atom. The van der Waals surface area contributed by atoms with Crippen LogP contribution < -0.4 is 15.4 Å². The summed E-state index contributed by atoms with van der Waals surface area (Å²) in [5, 5.41) is 36.4. The zero-order valence-corrected chi connectivity index (χ0v) is 22.6. The van der Waals surface area contributed by atoms with Crippen molar-refractivity contribution < 1.29 is 32.9 Å². The number of nitrogens with one attached hydrogen (secondary N) is 2. The van der Waals surface area contributed by atoms with Crippen molar-refractivity contribution in [3.8, 4) is 5.75 Å². The molecule has 3 aromatic rings. The molecule has 2 aliphatic carbocycles. The highest BCUT2D eigenvalue weighted by Crippen LogP contribution is 2.44. The van der Waals surface area contributed by atoms with Gasteiger partial charge < -0.3 is 25.6 Å². The molecular weight excluding hydrogens is 551 g/mol. The molecule has 1 aromatic carbocycles. The number of anilines is 1. The van der Waals surface area contributed by atoms with E-state index in [2.05, 4.69) is 35.7 Å². The average molecular weight is 582 g/mol. The van der Waals surface area contributed by atoms with Crippen molar-refractivity contribution in [3.05, 3.63) is 29.8 Å². The van der Waals surface area contributed by atoms with Crippen molar-refractivity contribution in [2.24, 2.45) is 5.92 Å². The number of aliphatic hydroxyl groups is 2. The lowest BCUT2D eigenvalue weighted by Crippen LogP contribution is -2.38.